The van der Waals surface area contributed by atoms with Gasteiger partial charge in [0, 0.05) is 23.5 Å². The Bertz CT molecular complexity index is 649. The Morgan fingerprint density at radius 1 is 1.53 bits per heavy atom. The van der Waals surface area contributed by atoms with Gasteiger partial charge in [-0.05, 0) is 13.8 Å². The van der Waals surface area contributed by atoms with Gasteiger partial charge in [0.25, 0.3) is 10.8 Å². The third-order valence-electron chi connectivity index (χ3n) is 2.00. The van der Waals surface area contributed by atoms with Crippen LogP contribution in [-0.2, 0) is 4.74 Å². The summed E-state index contributed by atoms with van der Waals surface area (Å²) in [6.45, 7) is 3.68. The molecule has 100 valence electrons. The highest BCUT2D eigenvalue weighted by molar-refractivity contribution is 7.98. The van der Waals surface area contributed by atoms with Crippen LogP contribution in [0.2, 0.25) is 0 Å². The van der Waals surface area contributed by atoms with Crippen molar-refractivity contribution >= 4 is 17.7 Å². The third kappa shape index (κ3) is 3.44. The molecule has 1 N–H and O–H groups in total. The van der Waals surface area contributed by atoms with Gasteiger partial charge in [0.1, 0.15) is 6.26 Å². The van der Waals surface area contributed by atoms with Crippen LogP contribution in [0.3, 0.4) is 0 Å². The number of nitrogens with zero attached hydrogens (tertiary/aromatic N) is 2. The number of aromatic nitrogens is 3. The van der Waals surface area contributed by atoms with E-state index in [2.05, 4.69) is 15.0 Å². The zero-order valence-electron chi connectivity index (χ0n) is 10.3. The minimum absolute atomic E-state index is 0.0827. The van der Waals surface area contributed by atoms with Gasteiger partial charge < -0.3 is 14.1 Å². The van der Waals surface area contributed by atoms with Crippen molar-refractivity contribution in [2.24, 2.45) is 0 Å². The second kappa shape index (κ2) is 5.70. The predicted octanol–water partition coefficient (Wildman–Crippen LogP) is 1.39. The highest BCUT2D eigenvalue weighted by Crippen LogP contribution is 2.23. The van der Waals surface area contributed by atoms with Crippen LogP contribution in [0.25, 0.3) is 0 Å². The van der Waals surface area contributed by atoms with Gasteiger partial charge in [0.05, 0.1) is 6.61 Å². The summed E-state index contributed by atoms with van der Waals surface area (Å²) in [5.74, 6) is -0.552. The molecule has 0 spiro atoms. The first kappa shape index (κ1) is 13.3. The maximum atomic E-state index is 11.4. The van der Waals surface area contributed by atoms with Crippen molar-refractivity contribution in [2.45, 2.75) is 24.2 Å². The van der Waals surface area contributed by atoms with E-state index in [1.165, 1.54) is 12.3 Å². The molecule has 0 saturated carbocycles. The van der Waals surface area contributed by atoms with Crippen molar-refractivity contribution in [1.82, 2.24) is 15.0 Å². The molecular weight excluding hydrogens is 270 g/mol. The maximum Gasteiger partial charge on any atom is 0.360 e. The Labute approximate surface area is 112 Å². The van der Waals surface area contributed by atoms with E-state index < -0.39 is 5.97 Å². The lowest BCUT2D eigenvalue weighted by molar-refractivity contribution is 0.0519. The van der Waals surface area contributed by atoms with Crippen LogP contribution in [0.1, 0.15) is 23.1 Å². The smallest absolute Gasteiger partial charge is 0.360 e. The van der Waals surface area contributed by atoms with Gasteiger partial charge in [-0.25, -0.2) is 9.78 Å². The molecule has 0 unspecified atom stereocenters. The monoisotopic (exact) mass is 281 g/mol. The maximum absolute atomic E-state index is 11.4. The van der Waals surface area contributed by atoms with Gasteiger partial charge in [-0.15, -0.1) is 0 Å². The van der Waals surface area contributed by atoms with E-state index in [1.807, 2.05) is 0 Å². The van der Waals surface area contributed by atoms with Crippen LogP contribution in [0.5, 0.6) is 0 Å². The van der Waals surface area contributed by atoms with Crippen molar-refractivity contribution in [1.29, 1.82) is 0 Å². The summed E-state index contributed by atoms with van der Waals surface area (Å²) >= 11 is 1.02. The molecule has 0 aliphatic heterocycles. The second-order valence-electron chi connectivity index (χ2n) is 3.51. The molecule has 0 bridgehead atoms. The van der Waals surface area contributed by atoms with E-state index in [4.69, 9.17) is 9.15 Å². The van der Waals surface area contributed by atoms with E-state index in [1.54, 1.807) is 13.8 Å². The molecule has 7 nitrogen and oxygen atoms in total. The Morgan fingerprint density at radius 2 is 2.32 bits per heavy atom. The Kier molecular flexibility index (Phi) is 4.00. The Morgan fingerprint density at radius 3 is 3.00 bits per heavy atom. The molecule has 0 aromatic carbocycles. The van der Waals surface area contributed by atoms with Crippen molar-refractivity contribution in [3.05, 3.63) is 34.1 Å². The van der Waals surface area contributed by atoms with Crippen LogP contribution in [0, 0.1) is 6.92 Å². The van der Waals surface area contributed by atoms with Gasteiger partial charge in [0.15, 0.2) is 10.9 Å². The second-order valence-corrected chi connectivity index (χ2v) is 4.45. The van der Waals surface area contributed by atoms with Gasteiger partial charge >= 0.3 is 5.97 Å². The van der Waals surface area contributed by atoms with Crippen molar-refractivity contribution in [3.8, 4) is 0 Å². The number of esters is 1. The molecule has 8 heteroatoms. The van der Waals surface area contributed by atoms with Gasteiger partial charge in [-0.2, -0.15) is 4.98 Å². The van der Waals surface area contributed by atoms with Crippen LogP contribution in [0.15, 0.2) is 31.9 Å². The number of H-pyrrole nitrogens is 1. The molecule has 0 aliphatic carbocycles. The summed E-state index contributed by atoms with van der Waals surface area (Å²) in [7, 11) is 0. The summed E-state index contributed by atoms with van der Waals surface area (Å²) in [4.78, 5) is 33.3. The molecule has 19 heavy (non-hydrogen) atoms. The van der Waals surface area contributed by atoms with Crippen LogP contribution in [-0.4, -0.2) is 27.5 Å². The number of rotatable bonds is 4. The fourth-order valence-corrected chi connectivity index (χ4v) is 2.03. The molecule has 0 fully saturated rings. The van der Waals surface area contributed by atoms with Crippen LogP contribution in [0.4, 0.5) is 0 Å². The highest BCUT2D eigenvalue weighted by atomic mass is 32.2. The average Bonchev–Trinajstić information content (AvgIpc) is 2.76. The summed E-state index contributed by atoms with van der Waals surface area (Å²) < 4.78 is 9.89. The normalized spacial score (nSPS) is 10.4. The number of oxazole rings is 1. The lowest BCUT2D eigenvalue weighted by Crippen LogP contribution is -2.08. The summed E-state index contributed by atoms with van der Waals surface area (Å²) in [6.07, 6.45) is 1.20. The Hall–Kier alpha value is -2.09. The summed E-state index contributed by atoms with van der Waals surface area (Å²) in [6, 6.07) is 1.38. The van der Waals surface area contributed by atoms with Crippen LogP contribution < -0.4 is 5.56 Å². The minimum Gasteiger partial charge on any atom is -0.461 e. The molecule has 2 rings (SSSR count). The van der Waals surface area contributed by atoms with Crippen molar-refractivity contribution in [2.75, 3.05) is 6.61 Å². The first-order valence-corrected chi connectivity index (χ1v) is 6.28. The zero-order valence-corrected chi connectivity index (χ0v) is 11.1. The molecule has 2 aromatic heterocycles. The fourth-order valence-electron chi connectivity index (χ4n) is 1.29. The zero-order chi connectivity index (χ0) is 13.8. The number of carbonyl (C=O) groups excluding carboxylic acids is 1. The SMILES string of the molecule is CCOC(=O)c1coc(Sc2nc(C)cc(=O)[nH]2)n1. The molecule has 0 amide bonds. The lowest BCUT2D eigenvalue weighted by atomic mass is 10.5. The number of hydrogen-bond donors (Lipinski definition) is 1. The number of hydrogen-bond acceptors (Lipinski definition) is 7. The quantitative estimate of drug-likeness (QED) is 0.668. The first-order chi connectivity index (χ1) is 9.08. The van der Waals surface area contributed by atoms with Crippen molar-refractivity contribution in [3.63, 3.8) is 0 Å². The molecule has 0 atom stereocenters. The largest absolute Gasteiger partial charge is 0.461 e. The number of aryl methyl sites for hydroxylation is 1. The molecule has 2 heterocycles. The standard InChI is InChI=1S/C11H11N3O4S/c1-3-17-9(16)7-5-18-11(13-7)19-10-12-6(2)4-8(15)14-10/h4-5H,3H2,1-2H3,(H,12,14,15). The highest BCUT2D eigenvalue weighted by Gasteiger charge is 2.14. The number of aromatic amines is 1. The van der Waals surface area contributed by atoms with Gasteiger partial charge in [-0.3, -0.25) is 4.79 Å². The first-order valence-electron chi connectivity index (χ1n) is 5.47. The predicted molar refractivity (Wildman–Crippen MR) is 66.2 cm³/mol. The molecule has 0 radical (unpaired) electrons. The molecule has 0 aliphatic rings. The Balaban J connectivity index is 2.15. The van der Waals surface area contributed by atoms with Gasteiger partial charge in [-0.1, -0.05) is 0 Å². The molecular formula is C11H11N3O4S. The third-order valence-corrected chi connectivity index (χ3v) is 2.75. The van der Waals surface area contributed by atoms with E-state index in [0.717, 1.165) is 11.8 Å². The fraction of sp³-hybridized carbons (Fsp3) is 0.273. The number of ether oxygens (including phenoxy) is 1. The van der Waals surface area contributed by atoms with E-state index in [9.17, 15) is 9.59 Å². The van der Waals surface area contributed by atoms with E-state index >= 15 is 0 Å². The summed E-state index contributed by atoms with van der Waals surface area (Å²) in [5, 5.41) is 0.555. The van der Waals surface area contributed by atoms with Gasteiger partial charge in [0.2, 0.25) is 0 Å². The number of carbonyl (C=O) groups is 1. The lowest BCUT2D eigenvalue weighted by Gasteiger charge is -1.97. The van der Waals surface area contributed by atoms with Crippen LogP contribution >= 0.6 is 11.8 Å². The van der Waals surface area contributed by atoms with E-state index in [-0.39, 0.29) is 23.1 Å². The summed E-state index contributed by atoms with van der Waals surface area (Å²) in [5.41, 5.74) is 0.412. The average molecular weight is 281 g/mol. The van der Waals surface area contributed by atoms with E-state index in [0.29, 0.717) is 10.9 Å². The minimum atomic E-state index is -0.552. The van der Waals surface area contributed by atoms with Crippen molar-refractivity contribution < 1.29 is 13.9 Å². The molecule has 2 aromatic rings. The topological polar surface area (TPSA) is 98.1 Å². The molecule has 0 saturated heterocycles. The number of nitrogens with one attached hydrogen (secondary N) is 1.